The Labute approximate surface area is 132 Å². The van der Waals surface area contributed by atoms with E-state index in [1.807, 2.05) is 24.3 Å². The number of fused-ring (bicyclic) bond motifs is 1. The molecule has 0 saturated heterocycles. The van der Waals surface area contributed by atoms with Gasteiger partial charge in [-0.2, -0.15) is 0 Å². The van der Waals surface area contributed by atoms with Crippen LogP contribution < -0.4 is 10.6 Å². The maximum absolute atomic E-state index is 11.8. The van der Waals surface area contributed by atoms with Crippen molar-refractivity contribution in [2.24, 2.45) is 0 Å². The van der Waals surface area contributed by atoms with Gasteiger partial charge in [-0.1, -0.05) is 36.7 Å². The molecule has 0 bridgehead atoms. The van der Waals surface area contributed by atoms with E-state index < -0.39 is 6.03 Å². The largest absolute Gasteiger partial charge is 0.335 e. The van der Waals surface area contributed by atoms with Crippen LogP contribution in [0.2, 0.25) is 0 Å². The van der Waals surface area contributed by atoms with Crippen LogP contribution in [0.1, 0.15) is 25.7 Å². The van der Waals surface area contributed by atoms with Gasteiger partial charge in [0.2, 0.25) is 5.91 Å². The number of benzene rings is 1. The zero-order valence-electron chi connectivity index (χ0n) is 12.1. The van der Waals surface area contributed by atoms with Crippen molar-refractivity contribution in [3.63, 3.8) is 0 Å². The number of thioether (sulfide) groups is 1. The molecular formula is C15H18N4O2S. The summed E-state index contributed by atoms with van der Waals surface area (Å²) < 4.78 is 0. The number of hydrogen-bond donors (Lipinski definition) is 3. The number of para-hydroxylation sites is 2. The maximum Gasteiger partial charge on any atom is 0.321 e. The van der Waals surface area contributed by atoms with Crippen LogP contribution in [0, 0.1) is 0 Å². The van der Waals surface area contributed by atoms with Crippen LogP contribution in [0.3, 0.4) is 0 Å². The Bertz CT molecular complexity index is 646. The molecule has 1 aromatic heterocycles. The molecule has 116 valence electrons. The lowest BCUT2D eigenvalue weighted by atomic mass is 10.2. The van der Waals surface area contributed by atoms with Gasteiger partial charge in [-0.05, 0) is 25.0 Å². The lowest BCUT2D eigenvalue weighted by Crippen LogP contribution is -2.44. The van der Waals surface area contributed by atoms with Crippen molar-refractivity contribution < 1.29 is 9.59 Å². The predicted molar refractivity (Wildman–Crippen MR) is 85.7 cm³/mol. The summed E-state index contributed by atoms with van der Waals surface area (Å²) in [6.07, 6.45) is 4.27. The molecular weight excluding hydrogens is 300 g/mol. The van der Waals surface area contributed by atoms with Gasteiger partial charge in [0.15, 0.2) is 5.16 Å². The summed E-state index contributed by atoms with van der Waals surface area (Å²) in [6.45, 7) is 0. The van der Waals surface area contributed by atoms with Crippen molar-refractivity contribution in [1.82, 2.24) is 20.6 Å². The van der Waals surface area contributed by atoms with E-state index in [9.17, 15) is 9.59 Å². The Morgan fingerprint density at radius 2 is 2.05 bits per heavy atom. The Balaban J connectivity index is 1.46. The minimum atomic E-state index is -0.401. The average molecular weight is 318 g/mol. The summed E-state index contributed by atoms with van der Waals surface area (Å²) >= 11 is 1.28. The number of imide groups is 1. The minimum Gasteiger partial charge on any atom is -0.335 e. The summed E-state index contributed by atoms with van der Waals surface area (Å²) in [5, 5.41) is 5.86. The molecule has 3 N–H and O–H groups in total. The van der Waals surface area contributed by atoms with E-state index in [0.717, 1.165) is 36.7 Å². The molecule has 3 amide bonds. The smallest absolute Gasteiger partial charge is 0.321 e. The molecule has 1 fully saturated rings. The molecule has 0 atom stereocenters. The van der Waals surface area contributed by atoms with Crippen LogP contribution in [-0.2, 0) is 4.79 Å². The van der Waals surface area contributed by atoms with Gasteiger partial charge in [0.1, 0.15) is 0 Å². The zero-order valence-corrected chi connectivity index (χ0v) is 12.9. The summed E-state index contributed by atoms with van der Waals surface area (Å²) in [5.41, 5.74) is 1.80. The third-order valence-corrected chi connectivity index (χ3v) is 4.52. The van der Waals surface area contributed by atoms with Gasteiger partial charge in [-0.15, -0.1) is 0 Å². The van der Waals surface area contributed by atoms with E-state index in [1.54, 1.807) is 0 Å². The SMILES string of the molecule is O=C(CSc1nc2ccccc2[nH]1)NC(=O)NC1CCCC1. The molecule has 7 heteroatoms. The van der Waals surface area contributed by atoms with Crippen LogP contribution in [0.5, 0.6) is 0 Å². The van der Waals surface area contributed by atoms with E-state index in [4.69, 9.17) is 0 Å². The van der Waals surface area contributed by atoms with Gasteiger partial charge in [0.25, 0.3) is 0 Å². The third kappa shape index (κ3) is 3.79. The molecule has 1 heterocycles. The quantitative estimate of drug-likeness (QED) is 0.756. The second-order valence-electron chi connectivity index (χ2n) is 5.35. The lowest BCUT2D eigenvalue weighted by Gasteiger charge is -2.11. The number of hydrogen-bond acceptors (Lipinski definition) is 4. The highest BCUT2D eigenvalue weighted by atomic mass is 32.2. The number of urea groups is 1. The number of aromatic amines is 1. The first-order valence-corrected chi connectivity index (χ1v) is 8.37. The molecule has 22 heavy (non-hydrogen) atoms. The van der Waals surface area contributed by atoms with Crippen LogP contribution in [0.15, 0.2) is 29.4 Å². The number of carbonyl (C=O) groups excluding carboxylic acids is 2. The van der Waals surface area contributed by atoms with Crippen molar-refractivity contribution in [1.29, 1.82) is 0 Å². The molecule has 0 spiro atoms. The molecule has 1 aromatic carbocycles. The van der Waals surface area contributed by atoms with Crippen LogP contribution in [0.25, 0.3) is 11.0 Å². The van der Waals surface area contributed by atoms with E-state index in [-0.39, 0.29) is 17.7 Å². The van der Waals surface area contributed by atoms with Gasteiger partial charge < -0.3 is 10.3 Å². The number of nitrogens with zero attached hydrogens (tertiary/aromatic N) is 1. The number of rotatable bonds is 4. The number of imidazole rings is 1. The predicted octanol–water partition coefficient (Wildman–Crippen LogP) is 2.42. The molecule has 1 aliphatic rings. The summed E-state index contributed by atoms with van der Waals surface area (Å²) in [7, 11) is 0. The van der Waals surface area contributed by atoms with Crippen molar-refractivity contribution in [3.05, 3.63) is 24.3 Å². The monoisotopic (exact) mass is 318 g/mol. The second kappa shape index (κ2) is 6.83. The average Bonchev–Trinajstić information content (AvgIpc) is 3.13. The van der Waals surface area contributed by atoms with E-state index >= 15 is 0 Å². The summed E-state index contributed by atoms with van der Waals surface area (Å²) in [4.78, 5) is 31.0. The van der Waals surface area contributed by atoms with Crippen molar-refractivity contribution in [2.75, 3.05) is 5.75 Å². The van der Waals surface area contributed by atoms with Crippen LogP contribution in [-0.4, -0.2) is 33.7 Å². The molecule has 2 aromatic rings. The van der Waals surface area contributed by atoms with Crippen molar-refractivity contribution >= 4 is 34.7 Å². The number of aromatic nitrogens is 2. The second-order valence-corrected chi connectivity index (χ2v) is 6.31. The topological polar surface area (TPSA) is 86.9 Å². The first-order valence-electron chi connectivity index (χ1n) is 7.38. The number of nitrogens with one attached hydrogen (secondary N) is 3. The summed E-state index contributed by atoms with van der Waals surface area (Å²) in [5.74, 6) is -0.168. The highest BCUT2D eigenvalue weighted by Crippen LogP contribution is 2.19. The maximum atomic E-state index is 11.8. The fraction of sp³-hybridized carbons (Fsp3) is 0.400. The molecule has 3 rings (SSSR count). The number of amides is 3. The first kappa shape index (κ1) is 14.9. The fourth-order valence-corrected chi connectivity index (χ4v) is 3.27. The number of H-pyrrole nitrogens is 1. The Hall–Kier alpha value is -2.02. The van der Waals surface area contributed by atoms with Gasteiger partial charge in [0, 0.05) is 6.04 Å². The third-order valence-electron chi connectivity index (χ3n) is 3.65. The Kier molecular flexibility index (Phi) is 4.62. The van der Waals surface area contributed by atoms with Crippen molar-refractivity contribution in [3.8, 4) is 0 Å². The lowest BCUT2D eigenvalue weighted by molar-refractivity contribution is -0.117. The molecule has 0 aliphatic heterocycles. The first-order chi connectivity index (χ1) is 10.7. The number of carbonyl (C=O) groups is 2. The van der Waals surface area contributed by atoms with Crippen LogP contribution in [0.4, 0.5) is 4.79 Å². The van der Waals surface area contributed by atoms with Gasteiger partial charge in [0.05, 0.1) is 16.8 Å². The Morgan fingerprint density at radius 3 is 2.82 bits per heavy atom. The normalized spacial score (nSPS) is 15.1. The highest BCUT2D eigenvalue weighted by molar-refractivity contribution is 7.99. The standard InChI is InChI=1S/C15H18N4O2S/c20-13(19-14(21)16-10-5-1-2-6-10)9-22-15-17-11-7-3-4-8-12(11)18-15/h3-4,7-8,10H,1-2,5-6,9H2,(H,17,18)(H2,16,19,20,21). The Morgan fingerprint density at radius 1 is 1.27 bits per heavy atom. The van der Waals surface area contributed by atoms with Crippen LogP contribution >= 0.6 is 11.8 Å². The van der Waals surface area contributed by atoms with E-state index in [2.05, 4.69) is 20.6 Å². The van der Waals surface area contributed by atoms with Gasteiger partial charge >= 0.3 is 6.03 Å². The van der Waals surface area contributed by atoms with Gasteiger partial charge in [-0.3, -0.25) is 10.1 Å². The van der Waals surface area contributed by atoms with Gasteiger partial charge in [-0.25, -0.2) is 9.78 Å². The molecule has 0 unspecified atom stereocenters. The van der Waals surface area contributed by atoms with Crippen molar-refractivity contribution in [2.45, 2.75) is 36.9 Å². The fourth-order valence-electron chi connectivity index (χ4n) is 2.59. The highest BCUT2D eigenvalue weighted by Gasteiger charge is 2.18. The van der Waals surface area contributed by atoms with E-state index in [0.29, 0.717) is 5.16 Å². The zero-order chi connectivity index (χ0) is 15.4. The van der Waals surface area contributed by atoms with E-state index in [1.165, 1.54) is 11.8 Å². The molecule has 6 nitrogen and oxygen atoms in total. The minimum absolute atomic E-state index is 0.151. The molecule has 0 radical (unpaired) electrons. The molecule has 1 aliphatic carbocycles. The summed E-state index contributed by atoms with van der Waals surface area (Å²) in [6, 6.07) is 7.48. The molecule has 1 saturated carbocycles.